The molecule has 0 saturated heterocycles. The third kappa shape index (κ3) is 9.38. The van der Waals surface area contributed by atoms with Gasteiger partial charge in [-0.3, -0.25) is 0 Å². The molecule has 0 aliphatic carbocycles. The van der Waals surface area contributed by atoms with E-state index in [2.05, 4.69) is 74.5 Å². The Hall–Kier alpha value is -3.02. The monoisotopic (exact) mass is 570 g/mol. The van der Waals surface area contributed by atoms with E-state index in [-0.39, 0.29) is 23.5 Å². The molecule has 3 aromatic rings. The van der Waals surface area contributed by atoms with Gasteiger partial charge in [0.25, 0.3) is 0 Å². The van der Waals surface area contributed by atoms with Crippen LogP contribution in [0.4, 0.5) is 13.2 Å². The Kier molecular flexibility index (Phi) is 10.4. The predicted molar refractivity (Wildman–Crippen MR) is 138 cm³/mol. The van der Waals surface area contributed by atoms with Crippen LogP contribution in [0.1, 0.15) is 31.9 Å². The van der Waals surface area contributed by atoms with Crippen LogP contribution in [0.3, 0.4) is 0 Å². The zero-order valence-electron chi connectivity index (χ0n) is 21.5. The van der Waals surface area contributed by atoms with Crippen LogP contribution in [-0.4, -0.2) is 36.7 Å². The Morgan fingerprint density at radius 1 is 0.842 bits per heavy atom. The summed E-state index contributed by atoms with van der Waals surface area (Å²) < 4.78 is 69.8. The number of carbonyl (C=O) groups is 1. The average Bonchev–Trinajstić information content (AvgIpc) is 2.79. The van der Waals surface area contributed by atoms with Gasteiger partial charge < -0.3 is 14.0 Å². The molecule has 0 saturated carbocycles. The first kappa shape index (κ1) is 31.2. The van der Waals surface area contributed by atoms with Gasteiger partial charge in [0.2, 0.25) is 0 Å². The number of esters is 1. The van der Waals surface area contributed by atoms with Crippen LogP contribution in [0.25, 0.3) is 0 Å². The molecule has 0 aliphatic heterocycles. The Labute approximate surface area is 223 Å². The van der Waals surface area contributed by atoms with Crippen molar-refractivity contribution in [2.24, 2.45) is 0 Å². The molecule has 0 aromatic heterocycles. The van der Waals surface area contributed by atoms with Gasteiger partial charge in [0.1, 0.15) is 11.4 Å². The minimum atomic E-state index is -6.09. The van der Waals surface area contributed by atoms with Crippen LogP contribution in [0.2, 0.25) is 0 Å². The molecule has 3 aromatic carbocycles. The zero-order valence-corrected chi connectivity index (χ0v) is 23.2. The largest absolute Gasteiger partial charge is 0.741 e. The van der Waals surface area contributed by atoms with E-state index < -0.39 is 21.2 Å². The highest BCUT2D eigenvalue weighted by molar-refractivity contribution is 7.97. The number of carbonyl (C=O) groups excluding carboxylic acids is 1. The van der Waals surface area contributed by atoms with Crippen molar-refractivity contribution < 1.29 is 40.4 Å². The van der Waals surface area contributed by atoms with Gasteiger partial charge in [-0.2, -0.15) is 13.2 Å². The van der Waals surface area contributed by atoms with E-state index in [0.717, 1.165) is 0 Å². The number of hydrogen-bond donors (Lipinski definition) is 0. The summed E-state index contributed by atoms with van der Waals surface area (Å²) in [5.74, 6) is 0.286. The van der Waals surface area contributed by atoms with E-state index in [1.165, 1.54) is 25.8 Å². The number of hydrogen-bond acceptors (Lipinski definition) is 6. The van der Waals surface area contributed by atoms with Crippen LogP contribution in [-0.2, 0) is 30.5 Å². The van der Waals surface area contributed by atoms with Crippen molar-refractivity contribution in [2.75, 3.05) is 6.61 Å². The van der Waals surface area contributed by atoms with Crippen LogP contribution >= 0.6 is 0 Å². The van der Waals surface area contributed by atoms with E-state index in [1.807, 2.05) is 32.9 Å². The van der Waals surface area contributed by atoms with Crippen molar-refractivity contribution in [2.45, 2.75) is 60.4 Å². The molecule has 206 valence electrons. The maximum atomic E-state index is 11.9. The lowest BCUT2D eigenvalue weighted by Crippen LogP contribution is -2.27. The van der Waals surface area contributed by atoms with Gasteiger partial charge in [-0.25, -0.2) is 13.2 Å². The Balaban J connectivity index is 0.000000550. The number of halogens is 3. The molecule has 3 rings (SSSR count). The second kappa shape index (κ2) is 12.7. The van der Waals surface area contributed by atoms with Crippen molar-refractivity contribution in [3.05, 3.63) is 83.9 Å². The molecule has 0 heterocycles. The predicted octanol–water partition coefficient (Wildman–Crippen LogP) is 6.17. The van der Waals surface area contributed by atoms with Gasteiger partial charge in [-0.1, -0.05) is 36.4 Å². The number of aryl methyl sites for hydroxylation is 2. The fraction of sp³-hybridized carbons (Fsp3) is 0.296. The molecule has 0 spiro atoms. The lowest BCUT2D eigenvalue weighted by molar-refractivity contribution is -0.157. The lowest BCUT2D eigenvalue weighted by atomic mass is 10.2. The smallest absolute Gasteiger partial charge is 0.485 e. The van der Waals surface area contributed by atoms with Gasteiger partial charge in [-0.15, -0.1) is 0 Å². The summed E-state index contributed by atoms with van der Waals surface area (Å²) in [6.07, 6.45) is 0. The van der Waals surface area contributed by atoms with Crippen LogP contribution in [0.5, 0.6) is 5.75 Å². The summed E-state index contributed by atoms with van der Waals surface area (Å²) in [5, 5.41) is 0. The fourth-order valence-electron chi connectivity index (χ4n) is 3.13. The molecule has 0 N–H and O–H groups in total. The van der Waals surface area contributed by atoms with Crippen LogP contribution in [0, 0.1) is 13.8 Å². The number of rotatable bonds is 6. The quantitative estimate of drug-likeness (QED) is 0.152. The third-order valence-electron chi connectivity index (χ3n) is 4.75. The number of alkyl halides is 3. The summed E-state index contributed by atoms with van der Waals surface area (Å²) >= 11 is 0. The highest BCUT2D eigenvalue weighted by Gasteiger charge is 2.37. The van der Waals surface area contributed by atoms with Gasteiger partial charge in [0.15, 0.2) is 31.4 Å². The highest BCUT2D eigenvalue weighted by atomic mass is 32.2. The first-order valence-corrected chi connectivity index (χ1v) is 14.0. The molecule has 0 bridgehead atoms. The molecule has 0 unspecified atom stereocenters. The second-order valence-electron chi connectivity index (χ2n) is 9.08. The van der Waals surface area contributed by atoms with E-state index in [9.17, 15) is 18.0 Å². The standard InChI is InChI=1S/C26H29O3S.CHF3O3S/c1-19-10-6-8-12-23(19)30(24-13-9-7-11-20(24)2)22-16-14-21(15-17-22)28-18-25(27)29-26(3,4)5;2-1(3,4)8(5,6)7/h6-17H,18H2,1-5H3;(H,5,6,7)/q+1;/p-1. The number of ether oxygens (including phenoxy) is 2. The van der Waals surface area contributed by atoms with E-state index in [4.69, 9.17) is 22.4 Å². The Morgan fingerprint density at radius 2 is 1.26 bits per heavy atom. The normalized spacial score (nSPS) is 11.9. The minimum absolute atomic E-state index is 0.0993. The maximum Gasteiger partial charge on any atom is 0.485 e. The fourth-order valence-corrected chi connectivity index (χ4v) is 5.49. The average molecular weight is 571 g/mol. The Morgan fingerprint density at radius 3 is 1.63 bits per heavy atom. The summed E-state index contributed by atoms with van der Waals surface area (Å²) in [5.41, 5.74) is -3.61. The lowest BCUT2D eigenvalue weighted by Gasteiger charge is -2.19. The van der Waals surface area contributed by atoms with Gasteiger partial charge >= 0.3 is 11.5 Å². The molecule has 0 radical (unpaired) electrons. The second-order valence-corrected chi connectivity index (χ2v) is 12.4. The van der Waals surface area contributed by atoms with E-state index >= 15 is 0 Å². The molecule has 0 atom stereocenters. The molecule has 0 amide bonds. The first-order chi connectivity index (χ1) is 17.5. The van der Waals surface area contributed by atoms with Crippen LogP contribution in [0.15, 0.2) is 87.5 Å². The van der Waals surface area contributed by atoms with Crippen molar-refractivity contribution in [1.29, 1.82) is 0 Å². The van der Waals surface area contributed by atoms with Crippen molar-refractivity contribution >= 4 is 27.0 Å². The first-order valence-electron chi connectivity index (χ1n) is 11.3. The van der Waals surface area contributed by atoms with E-state index in [0.29, 0.717) is 5.75 Å². The van der Waals surface area contributed by atoms with Gasteiger partial charge in [0.05, 0.1) is 10.9 Å². The summed E-state index contributed by atoms with van der Waals surface area (Å²) in [6.45, 7) is 9.75. The topological polar surface area (TPSA) is 92.7 Å². The van der Waals surface area contributed by atoms with Crippen LogP contribution < -0.4 is 4.74 Å². The zero-order chi connectivity index (χ0) is 28.7. The van der Waals surface area contributed by atoms with E-state index in [1.54, 1.807) is 0 Å². The summed E-state index contributed by atoms with van der Waals surface area (Å²) in [4.78, 5) is 15.7. The summed E-state index contributed by atoms with van der Waals surface area (Å²) in [6, 6.07) is 25.1. The molecular formula is C27H29F3O6S2. The molecule has 38 heavy (non-hydrogen) atoms. The highest BCUT2D eigenvalue weighted by Crippen LogP contribution is 2.35. The minimum Gasteiger partial charge on any atom is -0.741 e. The third-order valence-corrected chi connectivity index (χ3v) is 7.85. The van der Waals surface area contributed by atoms with Crippen molar-refractivity contribution in [3.63, 3.8) is 0 Å². The van der Waals surface area contributed by atoms with Gasteiger partial charge in [0, 0.05) is 11.1 Å². The maximum absolute atomic E-state index is 11.9. The Bertz CT molecular complexity index is 1290. The SMILES string of the molecule is Cc1ccccc1[S+](c1ccc(OCC(=O)OC(C)(C)C)cc1)c1ccccc1C.O=S(=O)([O-])C(F)(F)F. The van der Waals surface area contributed by atoms with Crippen molar-refractivity contribution in [1.82, 2.24) is 0 Å². The number of benzene rings is 3. The van der Waals surface area contributed by atoms with Crippen molar-refractivity contribution in [3.8, 4) is 5.75 Å². The molecule has 0 fully saturated rings. The molecule has 11 heteroatoms. The molecule has 6 nitrogen and oxygen atoms in total. The summed E-state index contributed by atoms with van der Waals surface area (Å²) in [7, 11) is -6.31. The molecular weight excluding hydrogens is 541 g/mol. The van der Waals surface area contributed by atoms with Gasteiger partial charge in [-0.05, 0) is 71.0 Å². The molecule has 0 aliphatic rings.